The minimum Gasteiger partial charge on any atom is -0.507 e. The molecule has 0 spiro atoms. The predicted molar refractivity (Wildman–Crippen MR) is 98.5 cm³/mol. The van der Waals surface area contributed by atoms with E-state index >= 15 is 0 Å². The van der Waals surface area contributed by atoms with Crippen LogP contribution in [-0.4, -0.2) is 48.7 Å². The summed E-state index contributed by atoms with van der Waals surface area (Å²) in [6, 6.07) is 11.6. The number of carbonyl (C=O) groups excluding carboxylic acids is 2. The van der Waals surface area contributed by atoms with Crippen LogP contribution in [0.1, 0.15) is 20.7 Å². The number of methoxy groups -OCH3 is 1. The molecule has 0 unspecified atom stereocenters. The summed E-state index contributed by atoms with van der Waals surface area (Å²) >= 11 is 0. The summed E-state index contributed by atoms with van der Waals surface area (Å²) < 4.78 is 7.62. The van der Waals surface area contributed by atoms with Crippen LogP contribution < -0.4 is 4.74 Å². The number of ketones is 1. The van der Waals surface area contributed by atoms with E-state index in [1.54, 1.807) is 12.1 Å². The van der Waals surface area contributed by atoms with Gasteiger partial charge in [0, 0.05) is 6.20 Å². The van der Waals surface area contributed by atoms with Crippen LogP contribution in [0, 0.1) is 0 Å². The molecule has 0 amide bonds. The highest BCUT2D eigenvalue weighted by molar-refractivity contribution is 6.10. The Bertz CT molecular complexity index is 1190. The number of para-hydroxylation sites is 1. The Hall–Kier alpha value is -4.01. The molecule has 4 aromatic rings. The number of aromatic hydroxyl groups is 1. The van der Waals surface area contributed by atoms with Crippen LogP contribution in [0.15, 0.2) is 54.9 Å². The molecule has 0 aliphatic rings. The molecule has 2 aromatic carbocycles. The standard InChI is InChI=1S/C19H15N5O4/c1-28-13-6-7-17(25)14(8-13)19(27)12-9-20-24(10-12)18(26)11-23-16-5-3-2-4-15(16)21-22-23/h2-10,25H,11H2,1H3. The normalized spacial score (nSPS) is 10.9. The first-order chi connectivity index (χ1) is 13.6. The van der Waals surface area contributed by atoms with Gasteiger partial charge in [-0.3, -0.25) is 9.59 Å². The smallest absolute Gasteiger partial charge is 0.268 e. The van der Waals surface area contributed by atoms with Crippen LogP contribution in [0.3, 0.4) is 0 Å². The number of nitrogens with zero attached hydrogens (tertiary/aromatic N) is 5. The van der Waals surface area contributed by atoms with E-state index in [9.17, 15) is 14.7 Å². The lowest BCUT2D eigenvalue weighted by atomic mass is 10.1. The number of phenols is 1. The summed E-state index contributed by atoms with van der Waals surface area (Å²) in [6.07, 6.45) is 2.60. The molecular weight excluding hydrogens is 362 g/mol. The van der Waals surface area contributed by atoms with E-state index in [0.29, 0.717) is 11.3 Å². The molecular formula is C19H15N5O4. The van der Waals surface area contributed by atoms with Crippen molar-refractivity contribution in [3.63, 3.8) is 0 Å². The van der Waals surface area contributed by atoms with Gasteiger partial charge in [-0.05, 0) is 30.3 Å². The maximum absolute atomic E-state index is 12.7. The van der Waals surface area contributed by atoms with E-state index < -0.39 is 5.78 Å². The molecule has 0 aliphatic heterocycles. The van der Waals surface area contributed by atoms with Crippen molar-refractivity contribution >= 4 is 22.7 Å². The van der Waals surface area contributed by atoms with E-state index in [-0.39, 0.29) is 29.3 Å². The quantitative estimate of drug-likeness (QED) is 0.529. The molecule has 4 rings (SSSR count). The summed E-state index contributed by atoms with van der Waals surface area (Å²) in [7, 11) is 1.46. The van der Waals surface area contributed by atoms with E-state index in [1.807, 2.05) is 18.2 Å². The minimum atomic E-state index is -0.471. The van der Waals surface area contributed by atoms with Gasteiger partial charge in [0.15, 0.2) is 5.78 Å². The van der Waals surface area contributed by atoms with Gasteiger partial charge in [0.2, 0.25) is 0 Å². The van der Waals surface area contributed by atoms with Crippen LogP contribution >= 0.6 is 0 Å². The Morgan fingerprint density at radius 3 is 2.82 bits per heavy atom. The molecule has 0 atom stereocenters. The summed E-state index contributed by atoms with van der Waals surface area (Å²) in [4.78, 5) is 25.2. The summed E-state index contributed by atoms with van der Waals surface area (Å²) in [5.74, 6) is -0.604. The Morgan fingerprint density at radius 1 is 1.18 bits per heavy atom. The number of rotatable bonds is 5. The fourth-order valence-corrected chi connectivity index (χ4v) is 2.79. The molecule has 0 fully saturated rings. The minimum absolute atomic E-state index is 0.0635. The van der Waals surface area contributed by atoms with Gasteiger partial charge in [0.1, 0.15) is 23.6 Å². The number of hydrogen-bond donors (Lipinski definition) is 1. The largest absolute Gasteiger partial charge is 0.507 e. The third-order valence-corrected chi connectivity index (χ3v) is 4.25. The van der Waals surface area contributed by atoms with Crippen molar-refractivity contribution in [2.75, 3.05) is 7.11 Å². The number of phenolic OH excluding ortho intramolecular Hbond substituents is 1. The fourth-order valence-electron chi connectivity index (χ4n) is 2.79. The monoisotopic (exact) mass is 377 g/mol. The van der Waals surface area contributed by atoms with Crippen molar-refractivity contribution in [1.29, 1.82) is 0 Å². The Balaban J connectivity index is 1.57. The predicted octanol–water partition coefficient (Wildman–Crippen LogP) is 1.91. The second kappa shape index (κ2) is 6.95. The van der Waals surface area contributed by atoms with Crippen LogP contribution in [-0.2, 0) is 6.54 Å². The lowest BCUT2D eigenvalue weighted by molar-refractivity contribution is 0.0871. The van der Waals surface area contributed by atoms with E-state index in [0.717, 1.165) is 10.2 Å². The van der Waals surface area contributed by atoms with Crippen molar-refractivity contribution in [2.24, 2.45) is 0 Å². The molecule has 2 aromatic heterocycles. The molecule has 2 heterocycles. The lowest BCUT2D eigenvalue weighted by Gasteiger charge is -2.05. The topological polar surface area (TPSA) is 112 Å². The third-order valence-electron chi connectivity index (χ3n) is 4.25. The van der Waals surface area contributed by atoms with Gasteiger partial charge < -0.3 is 9.84 Å². The zero-order valence-electron chi connectivity index (χ0n) is 14.8. The zero-order chi connectivity index (χ0) is 19.7. The van der Waals surface area contributed by atoms with Gasteiger partial charge in [-0.1, -0.05) is 17.3 Å². The Labute approximate surface area is 158 Å². The van der Waals surface area contributed by atoms with Crippen LogP contribution in [0.25, 0.3) is 11.0 Å². The second-order valence-electron chi connectivity index (χ2n) is 6.02. The molecule has 0 aliphatic carbocycles. The molecule has 0 saturated carbocycles. The van der Waals surface area contributed by atoms with Crippen molar-refractivity contribution < 1.29 is 19.4 Å². The molecule has 28 heavy (non-hydrogen) atoms. The first-order valence-corrected chi connectivity index (χ1v) is 8.34. The fraction of sp³-hybridized carbons (Fsp3) is 0.105. The maximum atomic E-state index is 12.7. The average Bonchev–Trinajstić information content (AvgIpc) is 3.36. The first-order valence-electron chi connectivity index (χ1n) is 8.34. The van der Waals surface area contributed by atoms with Crippen LogP contribution in [0.2, 0.25) is 0 Å². The van der Waals surface area contributed by atoms with Crippen molar-refractivity contribution in [3.8, 4) is 11.5 Å². The molecule has 140 valence electrons. The number of benzene rings is 2. The molecule has 1 N–H and O–H groups in total. The van der Waals surface area contributed by atoms with E-state index in [2.05, 4.69) is 15.4 Å². The Morgan fingerprint density at radius 2 is 2.00 bits per heavy atom. The van der Waals surface area contributed by atoms with E-state index in [1.165, 1.54) is 36.3 Å². The number of hydrogen-bond acceptors (Lipinski definition) is 7. The SMILES string of the molecule is COc1ccc(O)c(C(=O)c2cnn(C(=O)Cn3nnc4ccccc43)c2)c1. The van der Waals surface area contributed by atoms with Gasteiger partial charge >= 0.3 is 0 Å². The number of aromatic nitrogens is 5. The van der Waals surface area contributed by atoms with Gasteiger partial charge in [-0.15, -0.1) is 5.10 Å². The van der Waals surface area contributed by atoms with Crippen molar-refractivity contribution in [1.82, 2.24) is 24.8 Å². The number of carbonyl (C=O) groups is 2. The lowest BCUT2D eigenvalue weighted by Crippen LogP contribution is -2.19. The first kappa shape index (κ1) is 17.4. The maximum Gasteiger partial charge on any atom is 0.268 e. The van der Waals surface area contributed by atoms with Gasteiger partial charge in [-0.25, -0.2) is 9.36 Å². The molecule has 0 saturated heterocycles. The van der Waals surface area contributed by atoms with Gasteiger partial charge in [-0.2, -0.15) is 5.10 Å². The van der Waals surface area contributed by atoms with Crippen molar-refractivity contribution in [2.45, 2.75) is 6.54 Å². The van der Waals surface area contributed by atoms with Crippen LogP contribution in [0.4, 0.5) is 0 Å². The Kier molecular flexibility index (Phi) is 4.32. The molecule has 9 nitrogen and oxygen atoms in total. The molecule has 9 heteroatoms. The molecule has 0 radical (unpaired) electrons. The highest BCUT2D eigenvalue weighted by Gasteiger charge is 2.19. The summed E-state index contributed by atoms with van der Waals surface area (Å²) in [5, 5.41) is 21.9. The van der Waals surface area contributed by atoms with Crippen LogP contribution in [0.5, 0.6) is 11.5 Å². The number of ether oxygens (including phenoxy) is 1. The second-order valence-corrected chi connectivity index (χ2v) is 6.02. The van der Waals surface area contributed by atoms with Crippen molar-refractivity contribution in [3.05, 3.63) is 66.0 Å². The third kappa shape index (κ3) is 3.09. The molecule has 0 bridgehead atoms. The zero-order valence-corrected chi connectivity index (χ0v) is 14.8. The van der Waals surface area contributed by atoms with Gasteiger partial charge in [0.25, 0.3) is 5.91 Å². The van der Waals surface area contributed by atoms with Gasteiger partial charge in [0.05, 0.1) is 30.0 Å². The summed E-state index contributed by atoms with van der Waals surface area (Å²) in [5.41, 5.74) is 1.63. The summed E-state index contributed by atoms with van der Waals surface area (Å²) in [6.45, 7) is -0.0831. The number of fused-ring (bicyclic) bond motifs is 1. The highest BCUT2D eigenvalue weighted by atomic mass is 16.5. The van der Waals surface area contributed by atoms with E-state index in [4.69, 9.17) is 4.74 Å². The highest BCUT2D eigenvalue weighted by Crippen LogP contribution is 2.25. The average molecular weight is 377 g/mol.